The van der Waals surface area contributed by atoms with Crippen molar-refractivity contribution in [2.75, 3.05) is 12.8 Å². The summed E-state index contributed by atoms with van der Waals surface area (Å²) in [5, 5.41) is -0.0336. The van der Waals surface area contributed by atoms with E-state index < -0.39 is 9.84 Å². The summed E-state index contributed by atoms with van der Waals surface area (Å²) in [6.45, 7) is 4.15. The fourth-order valence-electron chi connectivity index (χ4n) is 7.18. The second kappa shape index (κ2) is 10.5. The molecular formula is C25H41ClN2O5S. The zero-order chi connectivity index (χ0) is 24.6. The van der Waals surface area contributed by atoms with Gasteiger partial charge in [-0.15, -0.1) is 11.6 Å². The molecule has 0 aromatic rings. The third-order valence-corrected chi connectivity index (χ3v) is 11.1. The van der Waals surface area contributed by atoms with Crippen molar-refractivity contribution in [3.05, 3.63) is 0 Å². The van der Waals surface area contributed by atoms with Crippen LogP contribution in [0.5, 0.6) is 0 Å². The Hall–Kier alpha value is -1.02. The van der Waals surface area contributed by atoms with E-state index in [0.29, 0.717) is 18.4 Å². The minimum atomic E-state index is -2.98. The molecular weight excluding hydrogens is 476 g/mol. The maximum Gasteiger partial charge on any atom is 0.410 e. The number of rotatable bonds is 3. The summed E-state index contributed by atoms with van der Waals surface area (Å²) in [6.07, 6.45) is 10.5. The molecule has 9 heteroatoms. The van der Waals surface area contributed by atoms with E-state index in [1.807, 2.05) is 16.7 Å². The number of amides is 2. The van der Waals surface area contributed by atoms with E-state index >= 15 is 0 Å². The van der Waals surface area contributed by atoms with Gasteiger partial charge in [0.15, 0.2) is 0 Å². The molecule has 0 aromatic heterocycles. The summed E-state index contributed by atoms with van der Waals surface area (Å²) in [4.78, 5) is 29.8. The van der Waals surface area contributed by atoms with E-state index in [1.165, 1.54) is 6.26 Å². The molecule has 34 heavy (non-hydrogen) atoms. The molecule has 4 atom stereocenters. The van der Waals surface area contributed by atoms with Gasteiger partial charge in [-0.2, -0.15) is 0 Å². The Balaban J connectivity index is 1.46. The van der Waals surface area contributed by atoms with Gasteiger partial charge >= 0.3 is 6.09 Å². The summed E-state index contributed by atoms with van der Waals surface area (Å²) in [6, 6.07) is -0.0500. The topological polar surface area (TPSA) is 84.0 Å². The lowest BCUT2D eigenvalue weighted by Crippen LogP contribution is -2.67. The number of hydrogen-bond donors (Lipinski definition) is 0. The fourth-order valence-corrected chi connectivity index (χ4v) is 8.56. The van der Waals surface area contributed by atoms with Gasteiger partial charge in [0.2, 0.25) is 5.91 Å². The minimum Gasteiger partial charge on any atom is -0.446 e. The number of alkyl halides is 1. The fraction of sp³-hybridized carbons (Fsp3) is 0.920. The molecule has 1 heterocycles. The van der Waals surface area contributed by atoms with E-state index in [-0.39, 0.29) is 46.9 Å². The van der Waals surface area contributed by atoms with Crippen molar-refractivity contribution in [1.29, 1.82) is 0 Å². The predicted molar refractivity (Wildman–Crippen MR) is 133 cm³/mol. The Bertz CT molecular complexity index is 851. The van der Waals surface area contributed by atoms with Crippen LogP contribution >= 0.6 is 11.6 Å². The highest BCUT2D eigenvalue weighted by atomic mass is 35.5. The molecule has 0 bridgehead atoms. The van der Waals surface area contributed by atoms with Gasteiger partial charge in [0.1, 0.15) is 15.9 Å². The van der Waals surface area contributed by atoms with Crippen molar-refractivity contribution in [2.45, 2.75) is 119 Å². The molecule has 194 valence electrons. The Morgan fingerprint density at radius 2 is 1.50 bits per heavy atom. The summed E-state index contributed by atoms with van der Waals surface area (Å²) in [5.74, 6) is 1.01. The normalized spacial score (nSPS) is 39.3. The van der Waals surface area contributed by atoms with Gasteiger partial charge in [-0.05, 0) is 89.4 Å². The SMILES string of the molecule is CC(=O)N1C2CCC(C3CCC(S(C)(=O)=O)CC3)CC2N(C(=O)OC2CCC(Cl)CC2)C[C@@H]1C. The lowest BCUT2D eigenvalue weighted by atomic mass is 9.69. The van der Waals surface area contributed by atoms with E-state index in [2.05, 4.69) is 0 Å². The van der Waals surface area contributed by atoms with Crippen LogP contribution in [0.4, 0.5) is 4.79 Å². The highest BCUT2D eigenvalue weighted by Crippen LogP contribution is 2.43. The van der Waals surface area contributed by atoms with Crippen LogP contribution < -0.4 is 0 Å². The molecule has 2 amide bonds. The third kappa shape index (κ3) is 5.69. The van der Waals surface area contributed by atoms with Gasteiger partial charge in [0, 0.05) is 31.1 Å². The molecule has 3 unspecified atom stereocenters. The third-order valence-electron chi connectivity index (χ3n) is 8.98. The molecule has 7 nitrogen and oxygen atoms in total. The second-order valence-corrected chi connectivity index (χ2v) is 14.2. The van der Waals surface area contributed by atoms with Crippen LogP contribution in [-0.4, -0.2) is 77.9 Å². The number of hydrogen-bond acceptors (Lipinski definition) is 5. The molecule has 3 aliphatic carbocycles. The van der Waals surface area contributed by atoms with Gasteiger partial charge in [-0.25, -0.2) is 13.2 Å². The quantitative estimate of drug-likeness (QED) is 0.520. The van der Waals surface area contributed by atoms with Gasteiger partial charge in [0.05, 0.1) is 17.3 Å². The smallest absolute Gasteiger partial charge is 0.410 e. The number of nitrogens with zero attached hydrogens (tertiary/aromatic N) is 2. The van der Waals surface area contributed by atoms with Gasteiger partial charge in [-0.1, -0.05) is 0 Å². The van der Waals surface area contributed by atoms with Crippen LogP contribution in [0.2, 0.25) is 0 Å². The highest BCUT2D eigenvalue weighted by Gasteiger charge is 2.48. The Labute approximate surface area is 209 Å². The average molecular weight is 517 g/mol. The number of fused-ring (bicyclic) bond motifs is 1. The first-order chi connectivity index (χ1) is 16.0. The zero-order valence-corrected chi connectivity index (χ0v) is 22.4. The number of halogens is 1. The molecule has 3 saturated carbocycles. The molecule has 1 aliphatic heterocycles. The average Bonchev–Trinajstić information content (AvgIpc) is 2.79. The van der Waals surface area contributed by atoms with E-state index in [9.17, 15) is 18.0 Å². The summed E-state index contributed by atoms with van der Waals surface area (Å²) >= 11 is 6.23. The van der Waals surface area contributed by atoms with Crippen LogP contribution in [0.1, 0.15) is 84.5 Å². The van der Waals surface area contributed by atoms with Gasteiger partial charge in [0.25, 0.3) is 0 Å². The largest absolute Gasteiger partial charge is 0.446 e. The maximum absolute atomic E-state index is 13.4. The first kappa shape index (κ1) is 26.1. The molecule has 4 fully saturated rings. The van der Waals surface area contributed by atoms with Crippen LogP contribution in [-0.2, 0) is 19.4 Å². The van der Waals surface area contributed by atoms with Gasteiger partial charge in [-0.3, -0.25) is 4.79 Å². The summed E-state index contributed by atoms with van der Waals surface area (Å²) < 4.78 is 29.9. The van der Waals surface area contributed by atoms with Crippen LogP contribution in [0.15, 0.2) is 0 Å². The molecule has 1 saturated heterocycles. The molecule has 0 radical (unpaired) electrons. The van der Waals surface area contributed by atoms with Crippen molar-refractivity contribution in [3.63, 3.8) is 0 Å². The minimum absolute atomic E-state index is 0.0241. The van der Waals surface area contributed by atoms with Crippen LogP contribution in [0, 0.1) is 11.8 Å². The first-order valence-electron chi connectivity index (χ1n) is 13.1. The van der Waals surface area contributed by atoms with E-state index in [4.69, 9.17) is 16.3 Å². The van der Waals surface area contributed by atoms with Crippen molar-refractivity contribution in [2.24, 2.45) is 11.8 Å². The molecule has 4 rings (SSSR count). The lowest BCUT2D eigenvalue weighted by Gasteiger charge is -2.54. The van der Waals surface area contributed by atoms with E-state index in [0.717, 1.165) is 70.6 Å². The van der Waals surface area contributed by atoms with Crippen LogP contribution in [0.25, 0.3) is 0 Å². The van der Waals surface area contributed by atoms with Crippen molar-refractivity contribution >= 4 is 33.4 Å². The number of piperazine rings is 1. The molecule has 0 spiro atoms. The number of sulfone groups is 1. The second-order valence-electron chi connectivity index (χ2n) is 11.3. The van der Waals surface area contributed by atoms with E-state index in [1.54, 1.807) is 6.92 Å². The van der Waals surface area contributed by atoms with Crippen LogP contribution in [0.3, 0.4) is 0 Å². The predicted octanol–water partition coefficient (Wildman–Crippen LogP) is 4.37. The lowest BCUT2D eigenvalue weighted by molar-refractivity contribution is -0.143. The standard InChI is InChI=1S/C25H41ClN2O5S/c1-16-15-27(25(30)33-21-9-7-20(26)8-10-21)24-14-19(6-13-23(24)28(16)17(2)29)18-4-11-22(12-5-18)34(3,31)32/h16,18-24H,4-15H2,1-3H3/t16-,18?,19?,20?,21?,22?,23?,24?/m0/s1. The van der Waals surface area contributed by atoms with Crippen molar-refractivity contribution < 1.29 is 22.7 Å². The number of ether oxygens (including phenoxy) is 1. The maximum atomic E-state index is 13.4. The highest BCUT2D eigenvalue weighted by molar-refractivity contribution is 7.91. The molecule has 4 aliphatic rings. The Morgan fingerprint density at radius 3 is 2.09 bits per heavy atom. The van der Waals surface area contributed by atoms with Crippen molar-refractivity contribution in [1.82, 2.24) is 9.80 Å². The summed E-state index contributed by atoms with van der Waals surface area (Å²) in [7, 11) is -2.98. The Morgan fingerprint density at radius 1 is 0.882 bits per heavy atom. The molecule has 0 aromatic carbocycles. The first-order valence-corrected chi connectivity index (χ1v) is 15.5. The number of carbonyl (C=O) groups is 2. The Kier molecular flexibility index (Phi) is 8.07. The molecule has 0 N–H and O–H groups in total. The summed E-state index contributed by atoms with van der Waals surface area (Å²) in [5.41, 5.74) is 0. The van der Waals surface area contributed by atoms with Crippen molar-refractivity contribution in [3.8, 4) is 0 Å². The number of carbonyl (C=O) groups excluding carboxylic acids is 2. The van der Waals surface area contributed by atoms with Gasteiger partial charge < -0.3 is 14.5 Å². The monoisotopic (exact) mass is 516 g/mol. The zero-order valence-electron chi connectivity index (χ0n) is 20.8.